The monoisotopic (exact) mass is 264 g/mol. The molecule has 0 amide bonds. The highest BCUT2D eigenvalue weighted by Crippen LogP contribution is 2.12. The van der Waals surface area contributed by atoms with Crippen molar-refractivity contribution >= 4 is 5.95 Å². The van der Waals surface area contributed by atoms with Gasteiger partial charge in [0.25, 0.3) is 0 Å². The third-order valence-corrected chi connectivity index (χ3v) is 3.22. The molecule has 4 heteroatoms. The van der Waals surface area contributed by atoms with Gasteiger partial charge in [0, 0.05) is 43.1 Å². The van der Waals surface area contributed by atoms with E-state index in [1.165, 1.54) is 18.4 Å². The zero-order valence-corrected chi connectivity index (χ0v) is 13.0. The Morgan fingerprint density at radius 2 is 2.05 bits per heavy atom. The van der Waals surface area contributed by atoms with Crippen LogP contribution in [0.2, 0.25) is 0 Å². The first-order chi connectivity index (χ1) is 9.08. The third kappa shape index (κ3) is 5.15. The Morgan fingerprint density at radius 3 is 2.58 bits per heavy atom. The Kier molecular flexibility index (Phi) is 6.78. The van der Waals surface area contributed by atoms with Crippen molar-refractivity contribution in [3.8, 4) is 0 Å². The lowest BCUT2D eigenvalue weighted by molar-refractivity contribution is 0.584. The molecule has 0 saturated carbocycles. The molecule has 0 bridgehead atoms. The predicted molar refractivity (Wildman–Crippen MR) is 81.5 cm³/mol. The lowest BCUT2D eigenvalue weighted by atomic mass is 10.2. The van der Waals surface area contributed by atoms with E-state index >= 15 is 0 Å². The molecule has 0 aromatic carbocycles. The normalized spacial score (nSPS) is 11.1. The van der Waals surface area contributed by atoms with Gasteiger partial charge < -0.3 is 10.2 Å². The molecule has 1 heterocycles. The van der Waals surface area contributed by atoms with Crippen molar-refractivity contribution in [2.45, 2.75) is 60.0 Å². The van der Waals surface area contributed by atoms with Crippen molar-refractivity contribution in [3.05, 3.63) is 17.5 Å². The second-order valence-corrected chi connectivity index (χ2v) is 5.25. The summed E-state index contributed by atoms with van der Waals surface area (Å²) in [5, 5.41) is 3.41. The van der Waals surface area contributed by atoms with Gasteiger partial charge >= 0.3 is 0 Å². The number of hydrogen-bond acceptors (Lipinski definition) is 4. The molecule has 0 saturated heterocycles. The van der Waals surface area contributed by atoms with Crippen LogP contribution >= 0.6 is 0 Å². The van der Waals surface area contributed by atoms with Crippen LogP contribution in [0, 0.1) is 6.92 Å². The Morgan fingerprint density at radius 1 is 1.32 bits per heavy atom. The van der Waals surface area contributed by atoms with Gasteiger partial charge in [-0.15, -0.1) is 0 Å². The van der Waals surface area contributed by atoms with Crippen molar-refractivity contribution in [3.63, 3.8) is 0 Å². The van der Waals surface area contributed by atoms with Crippen molar-refractivity contribution in [2.24, 2.45) is 0 Å². The summed E-state index contributed by atoms with van der Waals surface area (Å²) in [5.74, 6) is 0.863. The molecule has 19 heavy (non-hydrogen) atoms. The summed E-state index contributed by atoms with van der Waals surface area (Å²) in [7, 11) is 0. The van der Waals surface area contributed by atoms with Crippen LogP contribution in [0.3, 0.4) is 0 Å². The van der Waals surface area contributed by atoms with E-state index in [-0.39, 0.29) is 0 Å². The molecular weight excluding hydrogens is 236 g/mol. The fourth-order valence-corrected chi connectivity index (χ4v) is 1.87. The molecule has 0 aliphatic heterocycles. The number of anilines is 1. The maximum absolute atomic E-state index is 4.65. The van der Waals surface area contributed by atoms with E-state index in [2.05, 4.69) is 54.8 Å². The number of hydrogen-bond donors (Lipinski definition) is 1. The highest BCUT2D eigenvalue weighted by atomic mass is 15.2. The highest BCUT2D eigenvalue weighted by molar-refractivity contribution is 5.32. The van der Waals surface area contributed by atoms with Gasteiger partial charge in [0.15, 0.2) is 0 Å². The fraction of sp³-hybridized carbons (Fsp3) is 0.733. The average molecular weight is 264 g/mol. The van der Waals surface area contributed by atoms with Gasteiger partial charge in [0.1, 0.15) is 0 Å². The Hall–Kier alpha value is -1.16. The molecule has 0 radical (unpaired) electrons. The largest absolute Gasteiger partial charge is 0.341 e. The van der Waals surface area contributed by atoms with E-state index in [1.54, 1.807) is 0 Å². The summed E-state index contributed by atoms with van der Waals surface area (Å²) >= 11 is 0. The quantitative estimate of drug-likeness (QED) is 0.784. The van der Waals surface area contributed by atoms with Crippen LogP contribution in [-0.4, -0.2) is 29.1 Å². The topological polar surface area (TPSA) is 41.1 Å². The Balaban J connectivity index is 2.73. The van der Waals surface area contributed by atoms with Crippen LogP contribution in [-0.2, 0) is 6.54 Å². The lowest BCUT2D eigenvalue weighted by Gasteiger charge is -2.21. The maximum atomic E-state index is 4.65. The zero-order valence-electron chi connectivity index (χ0n) is 13.0. The van der Waals surface area contributed by atoms with E-state index in [0.29, 0.717) is 6.04 Å². The van der Waals surface area contributed by atoms with Crippen LogP contribution in [0.15, 0.2) is 6.20 Å². The minimum atomic E-state index is 0.482. The first kappa shape index (κ1) is 15.9. The van der Waals surface area contributed by atoms with E-state index in [1.807, 2.05) is 6.20 Å². The molecule has 0 unspecified atom stereocenters. The van der Waals surface area contributed by atoms with Crippen molar-refractivity contribution in [2.75, 3.05) is 18.0 Å². The Bertz CT molecular complexity index is 376. The van der Waals surface area contributed by atoms with Crippen LogP contribution in [0.25, 0.3) is 0 Å². The summed E-state index contributed by atoms with van der Waals surface area (Å²) < 4.78 is 0. The van der Waals surface area contributed by atoms with Gasteiger partial charge in [0.05, 0.1) is 0 Å². The van der Waals surface area contributed by atoms with Crippen LogP contribution in [0.4, 0.5) is 5.95 Å². The third-order valence-electron chi connectivity index (χ3n) is 3.22. The van der Waals surface area contributed by atoms with Crippen molar-refractivity contribution < 1.29 is 0 Å². The molecule has 0 spiro atoms. The summed E-state index contributed by atoms with van der Waals surface area (Å²) in [4.78, 5) is 11.4. The van der Waals surface area contributed by atoms with Gasteiger partial charge in [0.2, 0.25) is 5.95 Å². The number of nitrogens with zero attached hydrogens (tertiary/aromatic N) is 3. The maximum Gasteiger partial charge on any atom is 0.225 e. The van der Waals surface area contributed by atoms with Gasteiger partial charge in [-0.1, -0.05) is 27.2 Å². The molecular formula is C15H28N4. The summed E-state index contributed by atoms with van der Waals surface area (Å²) in [6.07, 6.45) is 4.35. The fourth-order valence-electron chi connectivity index (χ4n) is 1.87. The van der Waals surface area contributed by atoms with Gasteiger partial charge in [-0.05, 0) is 20.3 Å². The number of aromatic nitrogens is 2. The van der Waals surface area contributed by atoms with Gasteiger partial charge in [-0.25, -0.2) is 9.97 Å². The first-order valence-electron chi connectivity index (χ1n) is 7.39. The second-order valence-electron chi connectivity index (χ2n) is 5.25. The zero-order chi connectivity index (χ0) is 14.3. The SMILES string of the molecule is CCCCN(CC)c1ncc(CNC(C)C)c(C)n1. The van der Waals surface area contributed by atoms with E-state index in [4.69, 9.17) is 0 Å². The molecule has 1 aromatic heterocycles. The summed E-state index contributed by atoms with van der Waals surface area (Å²) in [5.41, 5.74) is 2.26. The first-order valence-corrected chi connectivity index (χ1v) is 7.39. The predicted octanol–water partition coefficient (Wildman–Crippen LogP) is 2.91. The molecule has 1 aromatic rings. The second kappa shape index (κ2) is 8.10. The van der Waals surface area contributed by atoms with Crippen LogP contribution in [0.5, 0.6) is 0 Å². The lowest BCUT2D eigenvalue weighted by Crippen LogP contribution is -2.27. The van der Waals surface area contributed by atoms with Gasteiger partial charge in [-0.2, -0.15) is 0 Å². The smallest absolute Gasteiger partial charge is 0.225 e. The molecule has 108 valence electrons. The van der Waals surface area contributed by atoms with Crippen LogP contribution in [0.1, 0.15) is 51.8 Å². The van der Waals surface area contributed by atoms with Crippen molar-refractivity contribution in [1.82, 2.24) is 15.3 Å². The van der Waals surface area contributed by atoms with E-state index in [9.17, 15) is 0 Å². The van der Waals surface area contributed by atoms with Crippen LogP contribution < -0.4 is 10.2 Å². The number of aryl methyl sites for hydroxylation is 1. The molecule has 0 aliphatic rings. The molecule has 0 aliphatic carbocycles. The minimum Gasteiger partial charge on any atom is -0.341 e. The number of nitrogens with one attached hydrogen (secondary N) is 1. The number of rotatable bonds is 8. The Labute approximate surface area is 117 Å². The minimum absolute atomic E-state index is 0.482. The molecule has 1 rings (SSSR count). The van der Waals surface area contributed by atoms with Gasteiger partial charge in [-0.3, -0.25) is 0 Å². The summed E-state index contributed by atoms with van der Waals surface area (Å²) in [6.45, 7) is 13.6. The number of unbranched alkanes of at least 4 members (excludes halogenated alkanes) is 1. The highest BCUT2D eigenvalue weighted by Gasteiger charge is 2.09. The molecule has 0 atom stereocenters. The summed E-state index contributed by atoms with van der Waals surface area (Å²) in [6, 6.07) is 0.482. The van der Waals surface area contributed by atoms with E-state index < -0.39 is 0 Å². The molecule has 4 nitrogen and oxygen atoms in total. The molecule has 0 fully saturated rings. The van der Waals surface area contributed by atoms with E-state index in [0.717, 1.165) is 31.3 Å². The standard InChI is InChI=1S/C15H28N4/c1-6-8-9-19(7-2)15-17-11-14(13(5)18-15)10-16-12(3)4/h11-12,16H,6-10H2,1-5H3. The molecule has 1 N–H and O–H groups in total. The average Bonchev–Trinajstić information content (AvgIpc) is 2.38. The van der Waals surface area contributed by atoms with Crippen molar-refractivity contribution in [1.29, 1.82) is 0 Å².